The Morgan fingerprint density at radius 3 is 2.67 bits per heavy atom. The molecule has 21 heavy (non-hydrogen) atoms. The minimum atomic E-state index is -3.78. The minimum absolute atomic E-state index is 0.0324. The molecular formula is C12H14FN3O3S2. The number of benzene rings is 1. The van der Waals surface area contributed by atoms with Crippen molar-refractivity contribution in [2.75, 3.05) is 17.9 Å². The summed E-state index contributed by atoms with van der Waals surface area (Å²) in [4.78, 5) is -0.0324. The van der Waals surface area contributed by atoms with E-state index in [1.54, 1.807) is 0 Å². The number of halogens is 1. The molecule has 1 N–H and O–H groups in total. The Bertz CT molecular complexity index is 686. The van der Waals surface area contributed by atoms with Crippen molar-refractivity contribution in [1.29, 1.82) is 0 Å². The van der Waals surface area contributed by atoms with Crippen molar-refractivity contribution in [2.24, 2.45) is 0 Å². The average Bonchev–Trinajstić information content (AvgIpc) is 2.86. The first kappa shape index (κ1) is 15.8. The minimum Gasteiger partial charge on any atom is -0.381 e. The topological polar surface area (TPSA) is 81.2 Å². The average molecular weight is 331 g/mol. The quantitative estimate of drug-likeness (QED) is 0.785. The number of rotatable bonds is 7. The zero-order valence-corrected chi connectivity index (χ0v) is 12.9. The van der Waals surface area contributed by atoms with E-state index in [0.717, 1.165) is 23.5 Å². The molecule has 0 saturated heterocycles. The molecule has 0 fully saturated rings. The first-order valence-corrected chi connectivity index (χ1v) is 8.50. The Balaban J connectivity index is 2.05. The standard InChI is InChI=1S/C12H14FN3O3S2/c1-2-19-8-7-11-14-15-12(20-11)16-21(17,18)10-5-3-9(13)4-6-10/h3-6H,2,7-8H2,1H3,(H,15,16). The van der Waals surface area contributed by atoms with Crippen LogP contribution in [0.1, 0.15) is 11.9 Å². The van der Waals surface area contributed by atoms with Crippen LogP contribution >= 0.6 is 11.3 Å². The van der Waals surface area contributed by atoms with E-state index >= 15 is 0 Å². The zero-order chi connectivity index (χ0) is 15.3. The molecule has 1 aromatic carbocycles. The summed E-state index contributed by atoms with van der Waals surface area (Å²) in [6.45, 7) is 3.01. The summed E-state index contributed by atoms with van der Waals surface area (Å²) in [7, 11) is -3.78. The highest BCUT2D eigenvalue weighted by Gasteiger charge is 2.16. The third-order valence-electron chi connectivity index (χ3n) is 2.48. The number of aromatic nitrogens is 2. The van der Waals surface area contributed by atoms with Crippen LogP contribution in [0.5, 0.6) is 0 Å². The summed E-state index contributed by atoms with van der Waals surface area (Å²) >= 11 is 1.14. The predicted octanol–water partition coefficient (Wildman–Crippen LogP) is 2.06. The highest BCUT2D eigenvalue weighted by atomic mass is 32.2. The fraction of sp³-hybridized carbons (Fsp3) is 0.333. The molecule has 1 heterocycles. The summed E-state index contributed by atoms with van der Waals surface area (Å²) < 4.78 is 44.4. The highest BCUT2D eigenvalue weighted by Crippen LogP contribution is 2.20. The van der Waals surface area contributed by atoms with Crippen molar-refractivity contribution in [3.8, 4) is 0 Å². The molecule has 0 spiro atoms. The Kier molecular flexibility index (Phi) is 5.21. The van der Waals surface area contributed by atoms with Gasteiger partial charge in [-0.05, 0) is 31.2 Å². The lowest BCUT2D eigenvalue weighted by molar-refractivity contribution is 0.150. The normalized spacial score (nSPS) is 11.5. The molecule has 2 aromatic rings. The molecule has 0 bridgehead atoms. The van der Waals surface area contributed by atoms with Crippen LogP contribution in [0.2, 0.25) is 0 Å². The second-order valence-electron chi connectivity index (χ2n) is 4.01. The molecule has 1 aromatic heterocycles. The zero-order valence-electron chi connectivity index (χ0n) is 11.2. The number of nitrogens with zero attached hydrogens (tertiary/aromatic N) is 2. The molecule has 0 aliphatic rings. The van der Waals surface area contributed by atoms with E-state index in [0.29, 0.717) is 24.6 Å². The van der Waals surface area contributed by atoms with E-state index in [-0.39, 0.29) is 10.0 Å². The molecule has 0 amide bonds. The van der Waals surface area contributed by atoms with Gasteiger partial charge in [-0.15, -0.1) is 10.2 Å². The summed E-state index contributed by atoms with van der Waals surface area (Å²) in [5.41, 5.74) is 0. The third kappa shape index (κ3) is 4.45. The molecule has 0 atom stereocenters. The van der Waals surface area contributed by atoms with Crippen molar-refractivity contribution in [2.45, 2.75) is 18.2 Å². The summed E-state index contributed by atoms with van der Waals surface area (Å²) in [5, 5.41) is 8.51. The Morgan fingerprint density at radius 2 is 2.00 bits per heavy atom. The second kappa shape index (κ2) is 6.92. The fourth-order valence-electron chi connectivity index (χ4n) is 1.49. The van der Waals surface area contributed by atoms with Gasteiger partial charge in [-0.2, -0.15) is 0 Å². The van der Waals surface area contributed by atoms with E-state index in [1.807, 2.05) is 6.92 Å². The lowest BCUT2D eigenvalue weighted by Crippen LogP contribution is -2.12. The third-order valence-corrected chi connectivity index (χ3v) is 4.86. The molecule has 0 aliphatic carbocycles. The molecule has 0 unspecified atom stereocenters. The van der Waals surface area contributed by atoms with Gasteiger partial charge in [0.25, 0.3) is 10.0 Å². The Morgan fingerprint density at radius 1 is 1.29 bits per heavy atom. The summed E-state index contributed by atoms with van der Waals surface area (Å²) in [5.74, 6) is -0.497. The predicted molar refractivity (Wildman–Crippen MR) is 77.3 cm³/mol. The number of hydrogen-bond donors (Lipinski definition) is 1. The molecule has 0 radical (unpaired) electrons. The van der Waals surface area contributed by atoms with Gasteiger partial charge in [-0.25, -0.2) is 12.8 Å². The maximum absolute atomic E-state index is 12.8. The number of ether oxygens (including phenoxy) is 1. The maximum atomic E-state index is 12.8. The number of anilines is 1. The first-order valence-electron chi connectivity index (χ1n) is 6.20. The molecule has 114 valence electrons. The lowest BCUT2D eigenvalue weighted by atomic mass is 10.4. The second-order valence-corrected chi connectivity index (χ2v) is 6.75. The van der Waals surface area contributed by atoms with Crippen LogP contribution in [-0.2, 0) is 21.2 Å². The first-order chi connectivity index (χ1) is 10.0. The molecule has 0 saturated carbocycles. The number of hydrogen-bond acceptors (Lipinski definition) is 6. The summed E-state index contributed by atoms with van der Waals surface area (Å²) in [6.07, 6.45) is 0.573. The van der Waals surface area contributed by atoms with Crippen molar-refractivity contribution in [1.82, 2.24) is 10.2 Å². The SMILES string of the molecule is CCOCCc1nnc(NS(=O)(=O)c2ccc(F)cc2)s1. The Labute approximate surface area is 126 Å². The summed E-state index contributed by atoms with van der Waals surface area (Å²) in [6, 6.07) is 4.55. The van der Waals surface area contributed by atoms with Crippen LogP contribution in [-0.4, -0.2) is 31.8 Å². The van der Waals surface area contributed by atoms with Crippen molar-refractivity contribution >= 4 is 26.5 Å². The Hall–Kier alpha value is -1.58. The van der Waals surface area contributed by atoms with E-state index in [9.17, 15) is 12.8 Å². The van der Waals surface area contributed by atoms with Crippen molar-refractivity contribution in [3.05, 3.63) is 35.1 Å². The van der Waals surface area contributed by atoms with Gasteiger partial charge in [0.05, 0.1) is 11.5 Å². The molecule has 6 nitrogen and oxygen atoms in total. The maximum Gasteiger partial charge on any atom is 0.263 e. The van der Waals surface area contributed by atoms with Gasteiger partial charge in [0.2, 0.25) is 5.13 Å². The van der Waals surface area contributed by atoms with Gasteiger partial charge < -0.3 is 4.74 Å². The van der Waals surface area contributed by atoms with Gasteiger partial charge >= 0.3 is 0 Å². The van der Waals surface area contributed by atoms with Crippen LogP contribution in [0, 0.1) is 5.82 Å². The lowest BCUT2D eigenvalue weighted by Gasteiger charge is -2.03. The number of nitrogens with one attached hydrogen (secondary N) is 1. The van der Waals surface area contributed by atoms with Crippen molar-refractivity contribution in [3.63, 3.8) is 0 Å². The number of sulfonamides is 1. The van der Waals surface area contributed by atoms with Gasteiger partial charge in [-0.1, -0.05) is 11.3 Å². The van der Waals surface area contributed by atoms with E-state index in [1.165, 1.54) is 12.1 Å². The van der Waals surface area contributed by atoms with E-state index in [2.05, 4.69) is 14.9 Å². The molecule has 2 rings (SSSR count). The van der Waals surface area contributed by atoms with Gasteiger partial charge in [-0.3, -0.25) is 4.72 Å². The molecule has 0 aliphatic heterocycles. The van der Waals surface area contributed by atoms with Crippen LogP contribution in [0.25, 0.3) is 0 Å². The van der Waals surface area contributed by atoms with Gasteiger partial charge in [0, 0.05) is 13.0 Å². The van der Waals surface area contributed by atoms with Crippen LogP contribution in [0.15, 0.2) is 29.2 Å². The van der Waals surface area contributed by atoms with Crippen molar-refractivity contribution < 1.29 is 17.5 Å². The van der Waals surface area contributed by atoms with Crippen LogP contribution in [0.4, 0.5) is 9.52 Å². The van der Waals surface area contributed by atoms with Crippen LogP contribution < -0.4 is 4.72 Å². The highest BCUT2D eigenvalue weighted by molar-refractivity contribution is 7.93. The van der Waals surface area contributed by atoms with Crippen LogP contribution in [0.3, 0.4) is 0 Å². The fourth-order valence-corrected chi connectivity index (χ4v) is 3.44. The molecule has 9 heteroatoms. The monoisotopic (exact) mass is 331 g/mol. The smallest absolute Gasteiger partial charge is 0.263 e. The van der Waals surface area contributed by atoms with E-state index < -0.39 is 15.8 Å². The van der Waals surface area contributed by atoms with Gasteiger partial charge in [0.1, 0.15) is 10.8 Å². The molecular weight excluding hydrogens is 317 g/mol. The van der Waals surface area contributed by atoms with Gasteiger partial charge in [0.15, 0.2) is 0 Å². The van der Waals surface area contributed by atoms with E-state index in [4.69, 9.17) is 4.74 Å². The largest absolute Gasteiger partial charge is 0.381 e.